The fraction of sp³-hybridized carbons (Fsp3) is 0.300. The van der Waals surface area contributed by atoms with Gasteiger partial charge < -0.3 is 14.4 Å². The van der Waals surface area contributed by atoms with E-state index in [0.29, 0.717) is 27.3 Å². The van der Waals surface area contributed by atoms with E-state index in [1.807, 2.05) is 0 Å². The highest BCUT2D eigenvalue weighted by molar-refractivity contribution is 5.95. The molecule has 0 saturated carbocycles. The molecule has 0 bridgehead atoms. The number of esters is 1. The highest BCUT2D eigenvalue weighted by Gasteiger charge is 2.38. The SMILES string of the molecule is COc1ccc(CN(CC(F)(F)F)C(=O)C2Cc3ccccc3C(=O)O2)cc1. The number of nitrogens with zero attached hydrogens (tertiary/aromatic N) is 1. The van der Waals surface area contributed by atoms with Gasteiger partial charge in [-0.3, -0.25) is 4.79 Å². The van der Waals surface area contributed by atoms with E-state index in [1.54, 1.807) is 48.5 Å². The molecule has 1 atom stereocenters. The summed E-state index contributed by atoms with van der Waals surface area (Å²) in [7, 11) is 1.48. The van der Waals surface area contributed by atoms with Crippen LogP contribution in [-0.4, -0.2) is 42.7 Å². The summed E-state index contributed by atoms with van der Waals surface area (Å²) >= 11 is 0. The average Bonchev–Trinajstić information content (AvgIpc) is 2.66. The van der Waals surface area contributed by atoms with Crippen LogP contribution in [0.15, 0.2) is 48.5 Å². The highest BCUT2D eigenvalue weighted by atomic mass is 19.4. The van der Waals surface area contributed by atoms with E-state index in [1.165, 1.54) is 7.11 Å². The van der Waals surface area contributed by atoms with Crippen molar-refractivity contribution in [3.63, 3.8) is 0 Å². The van der Waals surface area contributed by atoms with Crippen molar-refractivity contribution in [3.8, 4) is 5.75 Å². The van der Waals surface area contributed by atoms with Crippen molar-refractivity contribution in [1.82, 2.24) is 4.90 Å². The number of cyclic esters (lactones) is 1. The number of carbonyl (C=O) groups excluding carboxylic acids is 2. The van der Waals surface area contributed by atoms with Crippen LogP contribution >= 0.6 is 0 Å². The summed E-state index contributed by atoms with van der Waals surface area (Å²) in [4.78, 5) is 25.6. The minimum atomic E-state index is -4.58. The lowest BCUT2D eigenvalue weighted by Crippen LogP contribution is -2.47. The van der Waals surface area contributed by atoms with Gasteiger partial charge in [-0.25, -0.2) is 4.79 Å². The van der Waals surface area contributed by atoms with Crippen LogP contribution in [0.25, 0.3) is 0 Å². The topological polar surface area (TPSA) is 55.8 Å². The van der Waals surface area contributed by atoms with Crippen molar-refractivity contribution in [2.75, 3.05) is 13.7 Å². The second-order valence-corrected chi connectivity index (χ2v) is 6.41. The standard InChI is InChI=1S/C20H18F3NO4/c1-27-15-8-6-13(7-9-15)11-24(12-20(21,22)23)18(25)17-10-14-4-2-3-5-16(14)19(26)28-17/h2-9,17H,10-12H2,1H3. The van der Waals surface area contributed by atoms with Crippen LogP contribution in [-0.2, 0) is 22.5 Å². The third-order valence-corrected chi connectivity index (χ3v) is 4.38. The van der Waals surface area contributed by atoms with Gasteiger partial charge in [-0.05, 0) is 29.3 Å². The smallest absolute Gasteiger partial charge is 0.406 e. The van der Waals surface area contributed by atoms with Crippen LogP contribution < -0.4 is 4.74 Å². The van der Waals surface area contributed by atoms with E-state index in [0.717, 1.165) is 0 Å². The first-order chi connectivity index (χ1) is 13.3. The number of ether oxygens (including phenoxy) is 2. The third-order valence-electron chi connectivity index (χ3n) is 4.38. The van der Waals surface area contributed by atoms with Gasteiger partial charge in [0.25, 0.3) is 5.91 Å². The number of benzene rings is 2. The Morgan fingerprint density at radius 1 is 1.18 bits per heavy atom. The van der Waals surface area contributed by atoms with Crippen molar-refractivity contribution in [1.29, 1.82) is 0 Å². The summed E-state index contributed by atoms with van der Waals surface area (Å²) in [6, 6.07) is 12.9. The molecule has 0 spiro atoms. The Bertz CT molecular complexity index is 864. The van der Waals surface area contributed by atoms with Crippen molar-refractivity contribution in [2.24, 2.45) is 0 Å². The third kappa shape index (κ3) is 4.62. The van der Waals surface area contributed by atoms with Crippen LogP contribution in [0, 0.1) is 0 Å². The first-order valence-electron chi connectivity index (χ1n) is 8.54. The number of halogens is 3. The maximum absolute atomic E-state index is 13.0. The zero-order chi connectivity index (χ0) is 20.3. The summed E-state index contributed by atoms with van der Waals surface area (Å²) in [5, 5.41) is 0. The van der Waals surface area contributed by atoms with Gasteiger partial charge in [0.05, 0.1) is 12.7 Å². The Labute approximate surface area is 159 Å². The number of methoxy groups -OCH3 is 1. The maximum Gasteiger partial charge on any atom is 0.406 e. The summed E-state index contributed by atoms with van der Waals surface area (Å²) in [6.45, 7) is -1.70. The Kier molecular flexibility index (Phi) is 5.58. The van der Waals surface area contributed by atoms with Crippen molar-refractivity contribution >= 4 is 11.9 Å². The number of carbonyl (C=O) groups is 2. The first-order valence-corrected chi connectivity index (χ1v) is 8.54. The predicted molar refractivity (Wildman–Crippen MR) is 93.8 cm³/mol. The number of rotatable bonds is 5. The van der Waals surface area contributed by atoms with Gasteiger partial charge in [-0.2, -0.15) is 13.2 Å². The van der Waals surface area contributed by atoms with E-state index in [2.05, 4.69) is 0 Å². The molecule has 28 heavy (non-hydrogen) atoms. The zero-order valence-electron chi connectivity index (χ0n) is 15.0. The van der Waals surface area contributed by atoms with E-state index >= 15 is 0 Å². The van der Waals surface area contributed by atoms with Gasteiger partial charge in [0.1, 0.15) is 12.3 Å². The lowest BCUT2D eigenvalue weighted by Gasteiger charge is -2.30. The average molecular weight is 393 g/mol. The van der Waals surface area contributed by atoms with Crippen molar-refractivity contribution in [2.45, 2.75) is 25.2 Å². The molecule has 1 amide bonds. The Balaban J connectivity index is 1.81. The quantitative estimate of drug-likeness (QED) is 0.731. The van der Waals surface area contributed by atoms with Crippen molar-refractivity contribution in [3.05, 3.63) is 65.2 Å². The molecule has 0 saturated heterocycles. The molecule has 8 heteroatoms. The molecule has 0 radical (unpaired) electrons. The molecule has 2 aromatic carbocycles. The minimum absolute atomic E-state index is 0.0394. The Morgan fingerprint density at radius 3 is 2.50 bits per heavy atom. The normalized spacial score (nSPS) is 16.1. The molecule has 2 aromatic rings. The molecule has 1 heterocycles. The van der Waals surface area contributed by atoms with Gasteiger partial charge >= 0.3 is 12.1 Å². The molecule has 1 unspecified atom stereocenters. The largest absolute Gasteiger partial charge is 0.497 e. The Hall–Kier alpha value is -3.03. The van der Waals surface area contributed by atoms with Gasteiger partial charge in [0, 0.05) is 13.0 Å². The van der Waals surface area contributed by atoms with E-state index in [-0.39, 0.29) is 13.0 Å². The van der Waals surface area contributed by atoms with E-state index in [4.69, 9.17) is 9.47 Å². The van der Waals surface area contributed by atoms with Crippen LogP contribution in [0.3, 0.4) is 0 Å². The van der Waals surface area contributed by atoms with Crippen LogP contribution in [0.5, 0.6) is 5.75 Å². The van der Waals surface area contributed by atoms with Crippen LogP contribution in [0.1, 0.15) is 21.5 Å². The summed E-state index contributed by atoms with van der Waals surface area (Å²) in [5.41, 5.74) is 1.40. The monoisotopic (exact) mass is 393 g/mol. The number of hydrogen-bond acceptors (Lipinski definition) is 4. The molecule has 1 aliphatic rings. The van der Waals surface area contributed by atoms with Gasteiger partial charge in [0.15, 0.2) is 6.10 Å². The van der Waals surface area contributed by atoms with Gasteiger partial charge in [-0.1, -0.05) is 30.3 Å². The molecule has 0 fully saturated rings. The molecular weight excluding hydrogens is 375 g/mol. The first kappa shape index (κ1) is 19.7. The molecule has 148 valence electrons. The zero-order valence-corrected chi connectivity index (χ0v) is 15.0. The number of alkyl halides is 3. The summed E-state index contributed by atoms with van der Waals surface area (Å²) in [5.74, 6) is -1.04. The molecule has 5 nitrogen and oxygen atoms in total. The van der Waals surface area contributed by atoms with E-state index < -0.39 is 30.7 Å². The fourth-order valence-electron chi connectivity index (χ4n) is 3.05. The lowest BCUT2D eigenvalue weighted by molar-refractivity contribution is -0.168. The number of amides is 1. The predicted octanol–water partition coefficient (Wildman–Crippen LogP) is 3.37. The van der Waals surface area contributed by atoms with Gasteiger partial charge in [0.2, 0.25) is 0 Å². The lowest BCUT2D eigenvalue weighted by atomic mass is 9.98. The number of fused-ring (bicyclic) bond motifs is 1. The molecule has 0 aliphatic carbocycles. The molecular formula is C20H18F3NO4. The second-order valence-electron chi connectivity index (χ2n) is 6.41. The second kappa shape index (κ2) is 7.92. The minimum Gasteiger partial charge on any atom is -0.497 e. The molecule has 1 aliphatic heterocycles. The fourth-order valence-corrected chi connectivity index (χ4v) is 3.05. The van der Waals surface area contributed by atoms with Gasteiger partial charge in [-0.15, -0.1) is 0 Å². The molecule has 0 aromatic heterocycles. The Morgan fingerprint density at radius 2 is 1.86 bits per heavy atom. The summed E-state index contributed by atoms with van der Waals surface area (Å²) < 4.78 is 49.3. The van der Waals surface area contributed by atoms with Crippen LogP contribution in [0.4, 0.5) is 13.2 Å². The van der Waals surface area contributed by atoms with Crippen LogP contribution in [0.2, 0.25) is 0 Å². The van der Waals surface area contributed by atoms with Crippen molar-refractivity contribution < 1.29 is 32.2 Å². The molecule has 3 rings (SSSR count). The maximum atomic E-state index is 13.0. The van der Waals surface area contributed by atoms with E-state index in [9.17, 15) is 22.8 Å². The highest BCUT2D eigenvalue weighted by Crippen LogP contribution is 2.25. The molecule has 0 N–H and O–H groups in total. The summed E-state index contributed by atoms with van der Waals surface area (Å²) in [6.07, 6.45) is -5.83. The number of hydrogen-bond donors (Lipinski definition) is 0.